The van der Waals surface area contributed by atoms with Crippen molar-refractivity contribution in [1.82, 2.24) is 9.80 Å². The van der Waals surface area contributed by atoms with Gasteiger partial charge in [-0.2, -0.15) is 13.2 Å². The minimum Gasteiger partial charge on any atom is -0.488 e. The van der Waals surface area contributed by atoms with Crippen molar-refractivity contribution in [2.75, 3.05) is 39.1 Å². The summed E-state index contributed by atoms with van der Waals surface area (Å²) in [4.78, 5) is 28.6. The number of alkyl halides is 3. The topological polar surface area (TPSA) is 82.1 Å². The molecule has 0 aromatic heterocycles. The Morgan fingerprint density at radius 2 is 2.06 bits per heavy atom. The van der Waals surface area contributed by atoms with E-state index in [1.807, 2.05) is 25.9 Å². The molecule has 2 rings (SSSR count). The first-order valence-corrected chi connectivity index (χ1v) is 10.6. The van der Waals surface area contributed by atoms with Crippen LogP contribution in [0.25, 0.3) is 0 Å². The summed E-state index contributed by atoms with van der Waals surface area (Å²) < 4.78 is 43.4. The Hall–Kier alpha value is -2.33. The second-order valence-electron chi connectivity index (χ2n) is 8.64. The first-order chi connectivity index (χ1) is 14.9. The highest BCUT2D eigenvalue weighted by Gasteiger charge is 2.31. The highest BCUT2D eigenvalue weighted by molar-refractivity contribution is 5.91. The van der Waals surface area contributed by atoms with E-state index in [4.69, 9.17) is 4.74 Å². The summed E-state index contributed by atoms with van der Waals surface area (Å²) in [7, 11) is 3.84. The third-order valence-electron chi connectivity index (χ3n) is 5.38. The van der Waals surface area contributed by atoms with Crippen LogP contribution >= 0.6 is 0 Å². The van der Waals surface area contributed by atoms with E-state index in [-0.39, 0.29) is 37.0 Å². The van der Waals surface area contributed by atoms with Crippen molar-refractivity contribution in [2.45, 2.75) is 51.4 Å². The maximum Gasteiger partial charge on any atom is 0.389 e. The minimum absolute atomic E-state index is 0.0205. The van der Waals surface area contributed by atoms with E-state index < -0.39 is 24.9 Å². The van der Waals surface area contributed by atoms with E-state index in [0.29, 0.717) is 30.1 Å². The Balaban J connectivity index is 2.31. The number of benzene rings is 1. The van der Waals surface area contributed by atoms with Gasteiger partial charge in [-0.1, -0.05) is 6.92 Å². The van der Waals surface area contributed by atoms with E-state index >= 15 is 0 Å². The zero-order chi connectivity index (χ0) is 24.1. The van der Waals surface area contributed by atoms with Gasteiger partial charge in [0, 0.05) is 36.7 Å². The van der Waals surface area contributed by atoms with E-state index in [9.17, 15) is 27.9 Å². The lowest BCUT2D eigenvalue weighted by atomic mass is 10.0. The second-order valence-corrected chi connectivity index (χ2v) is 8.64. The molecular formula is C22H32F3N3O4. The summed E-state index contributed by atoms with van der Waals surface area (Å²) in [5, 5.41) is 12.1. The molecule has 0 bridgehead atoms. The van der Waals surface area contributed by atoms with Gasteiger partial charge < -0.3 is 25.0 Å². The summed E-state index contributed by atoms with van der Waals surface area (Å²) in [5.74, 6) is -0.492. The Kier molecular flexibility index (Phi) is 8.91. The van der Waals surface area contributed by atoms with Gasteiger partial charge in [0.25, 0.3) is 0 Å². The number of carbonyl (C=O) groups excluding carboxylic acids is 2. The summed E-state index contributed by atoms with van der Waals surface area (Å²) in [5.41, 5.74) is 0.821. The predicted octanol–water partition coefficient (Wildman–Crippen LogP) is 2.68. The van der Waals surface area contributed by atoms with Gasteiger partial charge in [-0.25, -0.2) is 0 Å². The molecule has 0 unspecified atom stereocenters. The lowest BCUT2D eigenvalue weighted by Gasteiger charge is -2.33. The van der Waals surface area contributed by atoms with Crippen molar-refractivity contribution in [1.29, 1.82) is 0 Å². The van der Waals surface area contributed by atoms with Crippen LogP contribution in [0.3, 0.4) is 0 Å². The zero-order valence-corrected chi connectivity index (χ0v) is 18.9. The van der Waals surface area contributed by atoms with Gasteiger partial charge in [0.05, 0.1) is 25.5 Å². The lowest BCUT2D eigenvalue weighted by Crippen LogP contribution is -2.47. The molecule has 3 atom stereocenters. The molecule has 2 N–H and O–H groups in total. The van der Waals surface area contributed by atoms with Crippen LogP contribution in [0.5, 0.6) is 5.75 Å². The quantitative estimate of drug-likeness (QED) is 0.655. The fraction of sp³-hybridized carbons (Fsp3) is 0.636. The molecule has 180 valence electrons. The molecule has 0 radical (unpaired) electrons. The molecule has 10 heteroatoms. The lowest BCUT2D eigenvalue weighted by molar-refractivity contribution is -0.142. The number of halogens is 3. The standard InChI is InChI=1S/C22H32F3N3O4/c1-14-11-28(15(2)13-29)21(31)10-16-9-17(26-20(30)7-8-22(23,24)25)5-6-18(16)32-19(14)12-27(3)4/h5-6,9,14-15,19,29H,7-8,10-13H2,1-4H3,(H,26,30)/t14-,15-,19-/m1/s1. The molecule has 2 amide bonds. The molecule has 1 aliphatic heterocycles. The van der Waals surface area contributed by atoms with Crippen LogP contribution in [-0.2, 0) is 16.0 Å². The number of likely N-dealkylation sites (N-methyl/N-ethyl adjacent to an activating group) is 1. The summed E-state index contributed by atoms with van der Waals surface area (Å²) in [6, 6.07) is 4.36. The van der Waals surface area contributed by atoms with Crippen LogP contribution in [-0.4, -0.2) is 78.8 Å². The van der Waals surface area contributed by atoms with Crippen LogP contribution in [0.2, 0.25) is 0 Å². The summed E-state index contributed by atoms with van der Waals surface area (Å²) in [6.07, 6.45) is -6.56. The van der Waals surface area contributed by atoms with Crippen molar-refractivity contribution in [3.63, 3.8) is 0 Å². The third kappa shape index (κ3) is 7.67. The van der Waals surface area contributed by atoms with Crippen LogP contribution in [0.15, 0.2) is 18.2 Å². The molecule has 0 saturated carbocycles. The number of nitrogens with one attached hydrogen (secondary N) is 1. The Morgan fingerprint density at radius 3 is 2.66 bits per heavy atom. The van der Waals surface area contributed by atoms with Crippen molar-refractivity contribution in [3.8, 4) is 5.75 Å². The Labute approximate surface area is 186 Å². The molecule has 7 nitrogen and oxygen atoms in total. The maximum atomic E-state index is 13.0. The largest absolute Gasteiger partial charge is 0.488 e. The SMILES string of the molecule is C[C@@H]1CN([C@H](C)CO)C(=O)Cc2cc(NC(=O)CCC(F)(F)F)ccc2O[C@@H]1CN(C)C. The number of ether oxygens (including phenoxy) is 1. The van der Waals surface area contributed by atoms with Gasteiger partial charge in [0.2, 0.25) is 11.8 Å². The first kappa shape index (κ1) is 25.9. The van der Waals surface area contributed by atoms with Gasteiger partial charge in [0.15, 0.2) is 0 Å². The second kappa shape index (κ2) is 11.0. The molecule has 1 aromatic carbocycles. The maximum absolute atomic E-state index is 13.0. The number of rotatable bonds is 7. The number of hydrogen-bond donors (Lipinski definition) is 2. The normalized spacial score (nSPS) is 20.7. The zero-order valence-electron chi connectivity index (χ0n) is 18.9. The van der Waals surface area contributed by atoms with E-state index in [1.54, 1.807) is 30.0 Å². The number of hydrogen-bond acceptors (Lipinski definition) is 5. The van der Waals surface area contributed by atoms with Crippen molar-refractivity contribution >= 4 is 17.5 Å². The average Bonchev–Trinajstić information content (AvgIpc) is 2.73. The molecule has 32 heavy (non-hydrogen) atoms. The third-order valence-corrected chi connectivity index (χ3v) is 5.38. The van der Waals surface area contributed by atoms with Crippen LogP contribution in [0, 0.1) is 5.92 Å². The van der Waals surface area contributed by atoms with Crippen LogP contribution in [0.1, 0.15) is 32.3 Å². The van der Waals surface area contributed by atoms with E-state index in [0.717, 1.165) is 0 Å². The molecule has 1 aromatic rings. The van der Waals surface area contributed by atoms with Gasteiger partial charge in [-0.15, -0.1) is 0 Å². The van der Waals surface area contributed by atoms with Gasteiger partial charge >= 0.3 is 6.18 Å². The number of aliphatic hydroxyl groups excluding tert-OH is 1. The summed E-state index contributed by atoms with van der Waals surface area (Å²) >= 11 is 0. The number of nitrogens with zero attached hydrogens (tertiary/aromatic N) is 2. The minimum atomic E-state index is -4.41. The molecule has 0 fully saturated rings. The van der Waals surface area contributed by atoms with Gasteiger partial charge in [0.1, 0.15) is 11.9 Å². The fourth-order valence-electron chi connectivity index (χ4n) is 3.56. The molecule has 0 spiro atoms. The van der Waals surface area contributed by atoms with Crippen LogP contribution in [0.4, 0.5) is 18.9 Å². The fourth-order valence-corrected chi connectivity index (χ4v) is 3.56. The number of anilines is 1. The van der Waals surface area contributed by atoms with Crippen molar-refractivity contribution < 1.29 is 32.6 Å². The number of amides is 2. The van der Waals surface area contributed by atoms with Crippen LogP contribution < -0.4 is 10.1 Å². The number of aliphatic hydroxyl groups is 1. The smallest absolute Gasteiger partial charge is 0.389 e. The Bertz CT molecular complexity index is 801. The summed E-state index contributed by atoms with van der Waals surface area (Å²) in [6.45, 7) is 4.58. The average molecular weight is 460 g/mol. The Morgan fingerprint density at radius 1 is 1.38 bits per heavy atom. The van der Waals surface area contributed by atoms with E-state index in [2.05, 4.69) is 5.32 Å². The monoisotopic (exact) mass is 459 g/mol. The molecule has 0 aliphatic carbocycles. The van der Waals surface area contributed by atoms with E-state index in [1.165, 1.54) is 0 Å². The molecule has 0 saturated heterocycles. The predicted molar refractivity (Wildman–Crippen MR) is 114 cm³/mol. The number of carbonyl (C=O) groups is 2. The molecular weight excluding hydrogens is 427 g/mol. The van der Waals surface area contributed by atoms with Gasteiger partial charge in [-0.05, 0) is 39.2 Å². The van der Waals surface area contributed by atoms with Crippen molar-refractivity contribution in [3.05, 3.63) is 23.8 Å². The van der Waals surface area contributed by atoms with Gasteiger partial charge in [-0.3, -0.25) is 9.59 Å². The number of fused-ring (bicyclic) bond motifs is 1. The van der Waals surface area contributed by atoms with Crippen molar-refractivity contribution in [2.24, 2.45) is 5.92 Å². The highest BCUT2D eigenvalue weighted by atomic mass is 19.4. The highest BCUT2D eigenvalue weighted by Crippen LogP contribution is 2.29. The molecule has 1 heterocycles. The first-order valence-electron chi connectivity index (χ1n) is 10.6. The molecule has 1 aliphatic rings.